The molecule has 1 heterocycles. The first-order valence-electron chi connectivity index (χ1n) is 10.3. The normalized spacial score (nSPS) is 12.8. The van der Waals surface area contributed by atoms with Crippen molar-refractivity contribution >= 4 is 17.0 Å². The van der Waals surface area contributed by atoms with Gasteiger partial charge < -0.3 is 24.3 Å². The van der Waals surface area contributed by atoms with Crippen molar-refractivity contribution in [1.29, 1.82) is 0 Å². The lowest BCUT2D eigenvalue weighted by molar-refractivity contribution is 0.201. The van der Waals surface area contributed by atoms with Crippen molar-refractivity contribution in [1.82, 2.24) is 10.3 Å². The molecule has 0 unspecified atom stereocenters. The summed E-state index contributed by atoms with van der Waals surface area (Å²) in [4.78, 5) is 16.4. The van der Waals surface area contributed by atoms with Crippen molar-refractivity contribution in [2.75, 3.05) is 20.8 Å². The van der Waals surface area contributed by atoms with Crippen molar-refractivity contribution in [2.24, 2.45) is 0 Å². The Bertz CT molecular complexity index is 1170. The van der Waals surface area contributed by atoms with Crippen LogP contribution < -0.4 is 24.3 Å². The lowest BCUT2D eigenvalue weighted by Gasteiger charge is -2.13. The fourth-order valence-electron chi connectivity index (χ4n) is 3.36. The fraction of sp³-hybridized carbons (Fsp3) is 0.200. The first kappa shape index (κ1) is 21.2. The van der Waals surface area contributed by atoms with E-state index in [9.17, 15) is 4.79 Å². The van der Waals surface area contributed by atoms with E-state index in [1.165, 1.54) is 0 Å². The Morgan fingerprint density at radius 1 is 0.969 bits per heavy atom. The van der Waals surface area contributed by atoms with Crippen LogP contribution in [0.15, 0.2) is 72.5 Å². The number of aromatic nitrogens is 1. The van der Waals surface area contributed by atoms with Gasteiger partial charge in [-0.05, 0) is 54.8 Å². The van der Waals surface area contributed by atoms with Gasteiger partial charge in [0.15, 0.2) is 11.5 Å². The lowest BCUT2D eigenvalue weighted by Crippen LogP contribution is -2.28. The molecule has 32 heavy (non-hydrogen) atoms. The predicted molar refractivity (Wildman–Crippen MR) is 122 cm³/mol. The number of methoxy groups -OCH3 is 2. The van der Waals surface area contributed by atoms with E-state index < -0.39 is 6.09 Å². The average molecular weight is 432 g/mol. The van der Waals surface area contributed by atoms with Crippen LogP contribution >= 0.6 is 0 Å². The lowest BCUT2D eigenvalue weighted by atomic mass is 10.1. The van der Waals surface area contributed by atoms with E-state index in [1.54, 1.807) is 56.8 Å². The molecule has 0 saturated heterocycles. The van der Waals surface area contributed by atoms with Gasteiger partial charge in [0, 0.05) is 24.2 Å². The van der Waals surface area contributed by atoms with E-state index in [-0.39, 0.29) is 0 Å². The molecule has 7 nitrogen and oxygen atoms in total. The molecule has 0 radical (unpaired) electrons. The van der Waals surface area contributed by atoms with Crippen molar-refractivity contribution in [3.8, 4) is 28.7 Å². The summed E-state index contributed by atoms with van der Waals surface area (Å²) in [6, 6.07) is 12.2. The van der Waals surface area contributed by atoms with Gasteiger partial charge in [0.2, 0.25) is 0 Å². The Labute approximate surface area is 186 Å². The van der Waals surface area contributed by atoms with Gasteiger partial charge in [-0.25, -0.2) is 4.79 Å². The Kier molecular flexibility index (Phi) is 6.55. The van der Waals surface area contributed by atoms with Crippen LogP contribution in [0.3, 0.4) is 0 Å². The standard InChI is InChI=1S/C25H24N2O5/c1-29-23-14-20-21(15-24(23)30-2)26-13-12-22(20)31-18-8-10-19(11-9-18)32-25(28)27-16-17-6-4-3-5-7-17/h4,6-15H,3,5,16H2,1-2H3,(H,27,28). The largest absolute Gasteiger partial charge is 0.493 e. The number of benzene rings is 2. The number of nitrogens with zero attached hydrogens (tertiary/aromatic N) is 1. The first-order valence-corrected chi connectivity index (χ1v) is 10.3. The summed E-state index contributed by atoms with van der Waals surface area (Å²) in [7, 11) is 3.16. The molecule has 1 amide bonds. The molecule has 2 aromatic carbocycles. The van der Waals surface area contributed by atoms with Crippen LogP contribution in [0.25, 0.3) is 10.9 Å². The zero-order chi connectivity index (χ0) is 22.3. The topological polar surface area (TPSA) is 78.9 Å². The highest BCUT2D eigenvalue weighted by atomic mass is 16.6. The SMILES string of the molecule is COc1cc2nccc(Oc3ccc(OC(=O)NCC4=CCCC=C4)cc3)c2cc1OC. The van der Waals surface area contributed by atoms with Gasteiger partial charge in [-0.15, -0.1) is 0 Å². The molecule has 164 valence electrons. The molecule has 1 N–H and O–H groups in total. The van der Waals surface area contributed by atoms with Crippen molar-refractivity contribution in [2.45, 2.75) is 12.8 Å². The number of carbonyl (C=O) groups is 1. The first-order chi connectivity index (χ1) is 15.7. The van der Waals surface area contributed by atoms with Gasteiger partial charge in [0.25, 0.3) is 0 Å². The second kappa shape index (κ2) is 9.87. The number of hydrogen-bond donors (Lipinski definition) is 1. The van der Waals surface area contributed by atoms with E-state index in [2.05, 4.69) is 22.5 Å². The highest BCUT2D eigenvalue weighted by Gasteiger charge is 2.12. The van der Waals surface area contributed by atoms with Gasteiger partial charge in [0.05, 0.1) is 19.7 Å². The Balaban J connectivity index is 1.42. The molecule has 1 aliphatic carbocycles. The van der Waals surface area contributed by atoms with E-state index >= 15 is 0 Å². The number of fused-ring (bicyclic) bond motifs is 1. The summed E-state index contributed by atoms with van der Waals surface area (Å²) < 4.78 is 22.1. The molecule has 0 saturated carbocycles. The minimum absolute atomic E-state index is 0.425. The summed E-state index contributed by atoms with van der Waals surface area (Å²) in [5.41, 5.74) is 1.80. The number of rotatable bonds is 7. The van der Waals surface area contributed by atoms with E-state index in [4.69, 9.17) is 18.9 Å². The molecule has 7 heteroatoms. The number of carbonyl (C=O) groups excluding carboxylic acids is 1. The van der Waals surface area contributed by atoms with E-state index in [1.807, 2.05) is 12.1 Å². The molecular weight excluding hydrogens is 408 g/mol. The second-order valence-electron chi connectivity index (χ2n) is 7.11. The number of ether oxygens (including phenoxy) is 4. The quantitative estimate of drug-likeness (QED) is 0.538. The summed E-state index contributed by atoms with van der Waals surface area (Å²) in [6.07, 6.45) is 9.43. The molecule has 0 atom stereocenters. The minimum Gasteiger partial charge on any atom is -0.493 e. The van der Waals surface area contributed by atoms with Gasteiger partial charge in [-0.1, -0.05) is 18.2 Å². The Hall–Kier alpha value is -4.00. The van der Waals surface area contributed by atoms with Crippen molar-refractivity contribution in [3.05, 3.63) is 72.5 Å². The van der Waals surface area contributed by atoms with Crippen LogP contribution in [0, 0.1) is 0 Å². The van der Waals surface area contributed by atoms with Gasteiger partial charge in [-0.3, -0.25) is 4.98 Å². The third-order valence-electron chi connectivity index (χ3n) is 4.98. The molecule has 0 aliphatic heterocycles. The maximum absolute atomic E-state index is 12.0. The Morgan fingerprint density at radius 3 is 2.44 bits per heavy atom. The van der Waals surface area contributed by atoms with Crippen LogP contribution in [-0.4, -0.2) is 31.8 Å². The van der Waals surface area contributed by atoms with Gasteiger partial charge in [0.1, 0.15) is 17.2 Å². The maximum Gasteiger partial charge on any atom is 0.412 e. The number of allylic oxidation sites excluding steroid dienone is 2. The van der Waals surface area contributed by atoms with Crippen molar-refractivity contribution < 1.29 is 23.7 Å². The number of hydrogen-bond acceptors (Lipinski definition) is 6. The van der Waals surface area contributed by atoms with Crippen LogP contribution in [0.5, 0.6) is 28.7 Å². The molecule has 0 bridgehead atoms. The maximum atomic E-state index is 12.0. The van der Waals surface area contributed by atoms with E-state index in [0.29, 0.717) is 35.3 Å². The summed E-state index contributed by atoms with van der Waals surface area (Å²) in [6.45, 7) is 0.444. The molecule has 1 aromatic heterocycles. The number of nitrogens with one attached hydrogen (secondary N) is 1. The van der Waals surface area contributed by atoms with Crippen LogP contribution in [0.2, 0.25) is 0 Å². The number of pyridine rings is 1. The van der Waals surface area contributed by atoms with Crippen LogP contribution in [0.4, 0.5) is 4.79 Å². The average Bonchev–Trinajstić information content (AvgIpc) is 2.84. The van der Waals surface area contributed by atoms with Crippen LogP contribution in [-0.2, 0) is 0 Å². The van der Waals surface area contributed by atoms with Gasteiger partial charge >= 0.3 is 6.09 Å². The minimum atomic E-state index is -0.500. The molecule has 3 aromatic rings. The fourth-order valence-corrected chi connectivity index (χ4v) is 3.36. The van der Waals surface area contributed by atoms with Gasteiger partial charge in [-0.2, -0.15) is 0 Å². The second-order valence-corrected chi connectivity index (χ2v) is 7.11. The highest BCUT2D eigenvalue weighted by molar-refractivity contribution is 5.88. The Morgan fingerprint density at radius 2 is 1.72 bits per heavy atom. The predicted octanol–water partition coefficient (Wildman–Crippen LogP) is 5.41. The number of amides is 1. The highest BCUT2D eigenvalue weighted by Crippen LogP contribution is 2.37. The van der Waals surface area contributed by atoms with Crippen LogP contribution in [0.1, 0.15) is 12.8 Å². The third-order valence-corrected chi connectivity index (χ3v) is 4.98. The summed E-state index contributed by atoms with van der Waals surface area (Å²) >= 11 is 0. The zero-order valence-electron chi connectivity index (χ0n) is 18.0. The molecule has 0 fully saturated rings. The van der Waals surface area contributed by atoms with Crippen molar-refractivity contribution in [3.63, 3.8) is 0 Å². The third kappa shape index (κ3) is 5.00. The molecule has 4 rings (SSSR count). The van der Waals surface area contributed by atoms with E-state index in [0.717, 1.165) is 29.3 Å². The monoisotopic (exact) mass is 432 g/mol. The molecule has 0 spiro atoms. The summed E-state index contributed by atoms with van der Waals surface area (Å²) in [5, 5.41) is 3.54. The molecular formula is C25H24N2O5. The zero-order valence-corrected chi connectivity index (χ0v) is 18.0. The smallest absolute Gasteiger partial charge is 0.412 e. The summed E-state index contributed by atoms with van der Waals surface area (Å²) in [5.74, 6) is 2.83. The molecule has 1 aliphatic rings.